The van der Waals surface area contributed by atoms with Gasteiger partial charge >= 0.3 is 5.97 Å². The van der Waals surface area contributed by atoms with Crippen molar-refractivity contribution in [1.82, 2.24) is 5.32 Å². The second-order valence-electron chi connectivity index (χ2n) is 6.63. The van der Waals surface area contributed by atoms with Gasteiger partial charge in [-0.15, -0.1) is 0 Å². The molecule has 0 spiro atoms. The van der Waals surface area contributed by atoms with E-state index in [0.717, 1.165) is 49.4 Å². The number of aliphatic carboxylic acids is 1. The van der Waals surface area contributed by atoms with Crippen LogP contribution in [-0.2, 0) is 11.2 Å². The molecule has 2 aromatic carbocycles. The number of aryl methyl sites for hydroxylation is 1. The average molecular weight is 364 g/mol. The van der Waals surface area contributed by atoms with Crippen molar-refractivity contribution in [2.24, 2.45) is 0 Å². The molecule has 0 aliphatic carbocycles. The molecule has 27 heavy (non-hydrogen) atoms. The van der Waals surface area contributed by atoms with Crippen LogP contribution >= 0.6 is 0 Å². The van der Waals surface area contributed by atoms with Crippen molar-refractivity contribution in [3.8, 4) is 6.07 Å². The molecule has 6 heteroatoms. The van der Waals surface area contributed by atoms with E-state index in [1.807, 2.05) is 12.1 Å². The van der Waals surface area contributed by atoms with E-state index in [-0.39, 0.29) is 0 Å². The highest BCUT2D eigenvalue weighted by Gasteiger charge is 2.22. The van der Waals surface area contributed by atoms with E-state index in [1.54, 1.807) is 24.3 Å². The summed E-state index contributed by atoms with van der Waals surface area (Å²) in [6, 6.07) is 14.1. The van der Waals surface area contributed by atoms with Crippen molar-refractivity contribution in [3.63, 3.8) is 0 Å². The first-order valence-electron chi connectivity index (χ1n) is 9.19. The highest BCUT2D eigenvalue weighted by molar-refractivity contribution is 5.80. The molecule has 1 fully saturated rings. The summed E-state index contributed by atoms with van der Waals surface area (Å²) in [7, 11) is 0. The quantitative estimate of drug-likeness (QED) is 0.730. The Labute approximate surface area is 159 Å². The zero-order chi connectivity index (χ0) is 19.2. The van der Waals surface area contributed by atoms with E-state index in [1.165, 1.54) is 0 Å². The molecule has 1 heterocycles. The minimum absolute atomic E-state index is 0.543. The number of piperazine rings is 1. The molecule has 6 nitrogen and oxygen atoms in total. The summed E-state index contributed by atoms with van der Waals surface area (Å²) in [6.45, 7) is 5.75. The lowest BCUT2D eigenvalue weighted by Crippen LogP contribution is -2.43. The fourth-order valence-electron chi connectivity index (χ4n) is 3.27. The summed E-state index contributed by atoms with van der Waals surface area (Å²) < 4.78 is 0. The van der Waals surface area contributed by atoms with Crippen LogP contribution in [0, 0.1) is 11.3 Å². The fraction of sp³-hybridized carbons (Fsp3) is 0.333. The first kappa shape index (κ1) is 18.7. The number of carboxylic acids is 1. The second kappa shape index (κ2) is 8.56. The van der Waals surface area contributed by atoms with Crippen LogP contribution < -0.4 is 15.5 Å². The number of nitrogens with one attached hydrogen (secondary N) is 2. The number of carbonyl (C=O) groups is 1. The van der Waals surface area contributed by atoms with E-state index in [0.29, 0.717) is 11.3 Å². The first-order valence-corrected chi connectivity index (χ1v) is 9.19. The zero-order valence-corrected chi connectivity index (χ0v) is 15.4. The van der Waals surface area contributed by atoms with Gasteiger partial charge in [0.2, 0.25) is 0 Å². The maximum Gasteiger partial charge on any atom is 0.330 e. The van der Waals surface area contributed by atoms with Crippen LogP contribution in [0.4, 0.5) is 11.4 Å². The Kier molecular flexibility index (Phi) is 5.94. The Morgan fingerprint density at radius 3 is 2.56 bits per heavy atom. The molecule has 3 rings (SSSR count). The normalized spacial score (nSPS) is 15.0. The third-order valence-corrected chi connectivity index (χ3v) is 4.80. The molecule has 140 valence electrons. The highest BCUT2D eigenvalue weighted by Crippen LogP contribution is 2.27. The Hall–Kier alpha value is -3.04. The van der Waals surface area contributed by atoms with Crippen LogP contribution in [-0.4, -0.2) is 37.3 Å². The van der Waals surface area contributed by atoms with Gasteiger partial charge in [-0.25, -0.2) is 4.79 Å². The van der Waals surface area contributed by atoms with E-state index in [2.05, 4.69) is 34.6 Å². The largest absolute Gasteiger partial charge is 0.479 e. The van der Waals surface area contributed by atoms with Crippen LogP contribution in [0.25, 0.3) is 0 Å². The number of carboxylic acid groups (broad SMARTS) is 1. The van der Waals surface area contributed by atoms with Crippen LogP contribution in [0.1, 0.15) is 29.7 Å². The molecule has 0 amide bonds. The fourth-order valence-corrected chi connectivity index (χ4v) is 3.27. The number of hydrogen-bond donors (Lipinski definition) is 3. The monoisotopic (exact) mass is 364 g/mol. The van der Waals surface area contributed by atoms with E-state index < -0.39 is 12.0 Å². The number of nitrogens with zero attached hydrogens (tertiary/aromatic N) is 2. The van der Waals surface area contributed by atoms with Gasteiger partial charge in [-0.1, -0.05) is 13.0 Å². The van der Waals surface area contributed by atoms with E-state index in [4.69, 9.17) is 5.26 Å². The van der Waals surface area contributed by atoms with Crippen molar-refractivity contribution >= 4 is 17.3 Å². The van der Waals surface area contributed by atoms with Crippen molar-refractivity contribution in [1.29, 1.82) is 5.26 Å². The number of benzene rings is 2. The van der Waals surface area contributed by atoms with Gasteiger partial charge in [0.05, 0.1) is 11.6 Å². The van der Waals surface area contributed by atoms with Crippen LogP contribution in [0.3, 0.4) is 0 Å². The molecule has 0 bridgehead atoms. The number of hydrogen-bond acceptors (Lipinski definition) is 5. The zero-order valence-electron chi connectivity index (χ0n) is 15.4. The second-order valence-corrected chi connectivity index (χ2v) is 6.63. The maximum absolute atomic E-state index is 12.0. The lowest BCUT2D eigenvalue weighted by molar-refractivity contribution is -0.138. The minimum atomic E-state index is -0.932. The van der Waals surface area contributed by atoms with Gasteiger partial charge < -0.3 is 20.6 Å². The van der Waals surface area contributed by atoms with Crippen molar-refractivity contribution in [2.45, 2.75) is 19.4 Å². The third kappa shape index (κ3) is 4.57. The van der Waals surface area contributed by atoms with Gasteiger partial charge in [-0.05, 0) is 53.9 Å². The molecule has 0 radical (unpaired) electrons. The number of nitriles is 1. The molecule has 0 saturated carbocycles. The molecular formula is C21H24N4O2. The van der Waals surface area contributed by atoms with Gasteiger partial charge in [-0.3, -0.25) is 0 Å². The standard InChI is InChI=1S/C21H24N4O2/c1-2-15-11-17(13-19(12-15)25-9-7-23-8-10-25)20(21(26)27)24-18-5-3-16(14-22)4-6-18/h3-6,11-13,20,23-24H,2,7-10H2,1H3,(H,26,27). The topological polar surface area (TPSA) is 88.4 Å². The van der Waals surface area contributed by atoms with E-state index in [9.17, 15) is 9.90 Å². The van der Waals surface area contributed by atoms with Crippen LogP contribution in [0.5, 0.6) is 0 Å². The molecule has 2 aromatic rings. The molecule has 3 N–H and O–H groups in total. The summed E-state index contributed by atoms with van der Waals surface area (Å²) in [5, 5.41) is 25.2. The van der Waals surface area contributed by atoms with Crippen LogP contribution in [0.2, 0.25) is 0 Å². The highest BCUT2D eigenvalue weighted by atomic mass is 16.4. The Balaban J connectivity index is 1.91. The van der Waals surface area contributed by atoms with Gasteiger partial charge in [0.1, 0.15) is 0 Å². The predicted molar refractivity (Wildman–Crippen MR) is 106 cm³/mol. The molecule has 0 aromatic heterocycles. The first-order chi connectivity index (χ1) is 13.1. The van der Waals surface area contributed by atoms with Crippen molar-refractivity contribution in [2.75, 3.05) is 36.4 Å². The van der Waals surface area contributed by atoms with Gasteiger partial charge in [-0.2, -0.15) is 5.26 Å². The molecule has 1 atom stereocenters. The molecule has 1 aliphatic heterocycles. The molecular weight excluding hydrogens is 340 g/mol. The number of rotatable bonds is 6. The Bertz CT molecular complexity index is 836. The van der Waals surface area contributed by atoms with Gasteiger partial charge in [0.25, 0.3) is 0 Å². The molecule has 1 saturated heterocycles. The summed E-state index contributed by atoms with van der Waals surface area (Å²) in [5.41, 5.74) is 4.14. The Morgan fingerprint density at radius 2 is 1.96 bits per heavy atom. The van der Waals surface area contributed by atoms with Gasteiger partial charge in [0.15, 0.2) is 6.04 Å². The predicted octanol–water partition coefficient (Wildman–Crippen LogP) is 2.77. The Morgan fingerprint density at radius 1 is 1.26 bits per heavy atom. The minimum Gasteiger partial charge on any atom is -0.479 e. The maximum atomic E-state index is 12.0. The molecule has 1 unspecified atom stereocenters. The summed E-state index contributed by atoms with van der Waals surface area (Å²) >= 11 is 0. The SMILES string of the molecule is CCc1cc(C(Nc2ccc(C#N)cc2)C(=O)O)cc(N2CCNCC2)c1. The smallest absolute Gasteiger partial charge is 0.330 e. The lowest BCUT2D eigenvalue weighted by atomic mass is 10.00. The summed E-state index contributed by atoms with van der Waals surface area (Å²) in [5.74, 6) is -0.932. The van der Waals surface area contributed by atoms with E-state index >= 15 is 0 Å². The third-order valence-electron chi connectivity index (χ3n) is 4.80. The lowest BCUT2D eigenvalue weighted by Gasteiger charge is -2.30. The summed E-state index contributed by atoms with van der Waals surface area (Å²) in [6.07, 6.45) is 0.843. The average Bonchev–Trinajstić information content (AvgIpc) is 2.72. The van der Waals surface area contributed by atoms with Gasteiger partial charge in [0, 0.05) is 37.6 Å². The van der Waals surface area contributed by atoms with Crippen molar-refractivity contribution in [3.05, 3.63) is 59.2 Å². The summed E-state index contributed by atoms with van der Waals surface area (Å²) in [4.78, 5) is 14.3. The molecule has 1 aliphatic rings. The number of anilines is 2. The van der Waals surface area contributed by atoms with Crippen LogP contribution in [0.15, 0.2) is 42.5 Å². The van der Waals surface area contributed by atoms with Crippen molar-refractivity contribution < 1.29 is 9.90 Å².